The molecule has 8 heteroatoms. The average molecular weight is 310 g/mol. The average Bonchev–Trinajstić information content (AvgIpc) is 2.37. The topological polar surface area (TPSA) is 103 Å². The second-order valence-corrected chi connectivity index (χ2v) is 6.33. The first kappa shape index (κ1) is 14.9. The quantitative estimate of drug-likeness (QED) is 0.404. The Morgan fingerprint density at radius 2 is 1.90 bits per heavy atom. The zero-order valence-electron chi connectivity index (χ0n) is 10.7. The number of nitrogens with zero attached hydrogens (tertiary/aromatic N) is 1. The molecule has 6 nitrogen and oxygen atoms in total. The second-order valence-electron chi connectivity index (χ2n) is 4.37. The largest absolute Gasteiger partial charge is 0.398 e. The molecule has 0 saturated heterocycles. The van der Waals surface area contributed by atoms with Gasteiger partial charge in [-0.05, 0) is 23.8 Å². The Hall–Kier alpha value is -2.48. The number of anilines is 1. The zero-order valence-corrected chi connectivity index (χ0v) is 11.5. The van der Waals surface area contributed by atoms with Gasteiger partial charge >= 0.3 is 0 Å². The van der Waals surface area contributed by atoms with Gasteiger partial charge in [0.1, 0.15) is 5.82 Å². The van der Waals surface area contributed by atoms with Crippen LogP contribution in [0.25, 0.3) is 0 Å². The van der Waals surface area contributed by atoms with Gasteiger partial charge in [-0.1, -0.05) is 12.1 Å². The van der Waals surface area contributed by atoms with Crippen LogP contribution in [-0.4, -0.2) is 13.3 Å². The molecule has 0 aliphatic carbocycles. The molecule has 2 aromatic carbocycles. The van der Waals surface area contributed by atoms with E-state index >= 15 is 0 Å². The van der Waals surface area contributed by atoms with E-state index in [1.165, 1.54) is 24.3 Å². The van der Waals surface area contributed by atoms with Crippen LogP contribution in [0, 0.1) is 15.9 Å². The zero-order chi connectivity index (χ0) is 15.6. The van der Waals surface area contributed by atoms with Crippen molar-refractivity contribution >= 4 is 21.2 Å². The number of benzene rings is 2. The van der Waals surface area contributed by atoms with E-state index in [1.54, 1.807) is 0 Å². The number of nitro groups is 1. The molecule has 0 saturated carbocycles. The summed E-state index contributed by atoms with van der Waals surface area (Å²) in [4.78, 5) is 9.87. The van der Waals surface area contributed by atoms with Crippen molar-refractivity contribution in [3.63, 3.8) is 0 Å². The Morgan fingerprint density at radius 1 is 1.19 bits per heavy atom. The fourth-order valence-corrected chi connectivity index (χ4v) is 3.33. The van der Waals surface area contributed by atoms with Crippen molar-refractivity contribution in [1.82, 2.24) is 0 Å². The lowest BCUT2D eigenvalue weighted by Crippen LogP contribution is -2.08. The third-order valence-electron chi connectivity index (χ3n) is 2.78. The minimum absolute atomic E-state index is 0.194. The molecule has 0 unspecified atom stereocenters. The first-order chi connectivity index (χ1) is 9.79. The van der Waals surface area contributed by atoms with E-state index in [1.807, 2.05) is 0 Å². The van der Waals surface area contributed by atoms with Crippen LogP contribution in [-0.2, 0) is 15.6 Å². The van der Waals surface area contributed by atoms with Crippen LogP contribution in [0.2, 0.25) is 0 Å². The van der Waals surface area contributed by atoms with Gasteiger partial charge in [0, 0.05) is 12.1 Å². The van der Waals surface area contributed by atoms with Gasteiger partial charge in [-0.2, -0.15) is 0 Å². The molecular formula is C13H11FN2O4S. The molecule has 110 valence electrons. The van der Waals surface area contributed by atoms with Gasteiger partial charge in [0.25, 0.3) is 5.69 Å². The van der Waals surface area contributed by atoms with Gasteiger partial charge in [0.05, 0.1) is 21.3 Å². The summed E-state index contributed by atoms with van der Waals surface area (Å²) in [6, 6.07) is 8.30. The van der Waals surface area contributed by atoms with Crippen LogP contribution in [0.1, 0.15) is 5.56 Å². The van der Waals surface area contributed by atoms with Crippen molar-refractivity contribution in [2.24, 2.45) is 0 Å². The Morgan fingerprint density at radius 3 is 2.52 bits per heavy atom. The number of nitro benzene ring substituents is 1. The molecule has 21 heavy (non-hydrogen) atoms. The maximum Gasteiger partial charge on any atom is 0.269 e. The Labute approximate surface area is 120 Å². The third kappa shape index (κ3) is 3.34. The van der Waals surface area contributed by atoms with Gasteiger partial charge in [0.15, 0.2) is 9.84 Å². The van der Waals surface area contributed by atoms with E-state index in [0.717, 1.165) is 18.2 Å². The molecule has 2 N–H and O–H groups in total. The summed E-state index contributed by atoms with van der Waals surface area (Å²) in [6.45, 7) is 0. The minimum atomic E-state index is -3.82. The van der Waals surface area contributed by atoms with E-state index in [0.29, 0.717) is 0 Å². The number of hydrogen-bond donors (Lipinski definition) is 1. The lowest BCUT2D eigenvalue weighted by atomic mass is 10.2. The van der Waals surface area contributed by atoms with Crippen LogP contribution < -0.4 is 5.73 Å². The van der Waals surface area contributed by atoms with Crippen molar-refractivity contribution in [1.29, 1.82) is 0 Å². The molecule has 0 amide bonds. The lowest BCUT2D eigenvalue weighted by molar-refractivity contribution is -0.384. The van der Waals surface area contributed by atoms with Crippen LogP contribution in [0.5, 0.6) is 0 Å². The number of non-ortho nitro benzene ring substituents is 1. The number of halogens is 1. The Bertz CT molecular complexity index is 806. The summed E-state index contributed by atoms with van der Waals surface area (Å²) in [6.07, 6.45) is 0. The molecule has 0 aliphatic rings. The molecule has 0 atom stereocenters. The number of hydrogen-bond acceptors (Lipinski definition) is 5. The van der Waals surface area contributed by atoms with E-state index in [4.69, 9.17) is 5.73 Å². The maximum absolute atomic E-state index is 13.0. The number of nitrogen functional groups attached to an aromatic ring is 1. The fraction of sp³-hybridized carbons (Fsp3) is 0.0769. The molecule has 2 aromatic rings. The minimum Gasteiger partial charge on any atom is -0.398 e. The second kappa shape index (κ2) is 5.49. The molecule has 0 heterocycles. The predicted molar refractivity (Wildman–Crippen MR) is 74.8 cm³/mol. The van der Waals surface area contributed by atoms with Crippen LogP contribution >= 0.6 is 0 Å². The summed E-state index contributed by atoms with van der Waals surface area (Å²) in [5, 5.41) is 10.7. The van der Waals surface area contributed by atoms with Crippen molar-refractivity contribution in [3.05, 3.63) is 64.0 Å². The van der Waals surface area contributed by atoms with E-state index < -0.39 is 26.3 Å². The van der Waals surface area contributed by atoms with E-state index in [2.05, 4.69) is 0 Å². The molecule has 0 aliphatic heterocycles. The number of nitrogens with two attached hydrogens (primary N) is 1. The van der Waals surface area contributed by atoms with Crippen molar-refractivity contribution in [2.45, 2.75) is 10.6 Å². The lowest BCUT2D eigenvalue weighted by Gasteiger charge is -2.07. The first-order valence-corrected chi connectivity index (χ1v) is 7.46. The summed E-state index contributed by atoms with van der Waals surface area (Å²) in [7, 11) is -3.82. The standard InChI is InChI=1S/C13H11FN2O4S/c14-10-4-5-13(12(15)7-10)21(19,20)8-9-2-1-3-11(6-9)16(17)18/h1-7H,8,15H2. The summed E-state index contributed by atoms with van der Waals surface area (Å²) >= 11 is 0. The monoisotopic (exact) mass is 310 g/mol. The van der Waals surface area contributed by atoms with Gasteiger partial charge in [-0.15, -0.1) is 0 Å². The molecule has 0 bridgehead atoms. The third-order valence-corrected chi connectivity index (χ3v) is 4.54. The molecule has 2 rings (SSSR count). The van der Waals surface area contributed by atoms with Crippen LogP contribution in [0.3, 0.4) is 0 Å². The van der Waals surface area contributed by atoms with Crippen LogP contribution in [0.4, 0.5) is 15.8 Å². The Balaban J connectivity index is 2.37. The highest BCUT2D eigenvalue weighted by atomic mass is 32.2. The SMILES string of the molecule is Nc1cc(F)ccc1S(=O)(=O)Cc1cccc([N+](=O)[O-])c1. The fourth-order valence-electron chi connectivity index (χ4n) is 1.86. The predicted octanol–water partition coefficient (Wildman–Crippen LogP) is 2.29. The first-order valence-electron chi connectivity index (χ1n) is 5.81. The summed E-state index contributed by atoms with van der Waals surface area (Å²) in [5.41, 5.74) is 5.38. The highest BCUT2D eigenvalue weighted by Gasteiger charge is 2.20. The van der Waals surface area contributed by atoms with Gasteiger partial charge in [-0.3, -0.25) is 10.1 Å². The van der Waals surface area contributed by atoms with Gasteiger partial charge < -0.3 is 5.73 Å². The van der Waals surface area contributed by atoms with Gasteiger partial charge in [0.2, 0.25) is 0 Å². The normalized spacial score (nSPS) is 11.3. The number of sulfone groups is 1. The molecule has 0 spiro atoms. The maximum atomic E-state index is 13.0. The van der Waals surface area contributed by atoms with E-state index in [-0.39, 0.29) is 21.8 Å². The molecule has 0 radical (unpaired) electrons. The van der Waals surface area contributed by atoms with Crippen LogP contribution in [0.15, 0.2) is 47.4 Å². The van der Waals surface area contributed by atoms with Crippen molar-refractivity contribution in [3.8, 4) is 0 Å². The molecule has 0 aromatic heterocycles. The number of rotatable bonds is 4. The van der Waals surface area contributed by atoms with Crippen molar-refractivity contribution < 1.29 is 17.7 Å². The van der Waals surface area contributed by atoms with E-state index in [9.17, 15) is 22.9 Å². The highest BCUT2D eigenvalue weighted by molar-refractivity contribution is 7.90. The smallest absolute Gasteiger partial charge is 0.269 e. The summed E-state index contributed by atoms with van der Waals surface area (Å²) < 4.78 is 37.4. The highest BCUT2D eigenvalue weighted by Crippen LogP contribution is 2.24. The summed E-state index contributed by atoms with van der Waals surface area (Å²) in [5.74, 6) is -1.09. The molecular weight excluding hydrogens is 299 g/mol. The van der Waals surface area contributed by atoms with Gasteiger partial charge in [-0.25, -0.2) is 12.8 Å². The molecule has 0 fully saturated rings. The van der Waals surface area contributed by atoms with Crippen molar-refractivity contribution in [2.75, 3.05) is 5.73 Å². The Kier molecular flexibility index (Phi) is 3.90.